The first-order valence-electron chi connectivity index (χ1n) is 21.9. The molecule has 0 atom stereocenters. The van der Waals surface area contributed by atoms with Crippen LogP contribution in [-0.2, 0) is 32.5 Å². The Bertz CT molecular complexity index is 2500. The molecule has 0 bridgehead atoms. The molecule has 58 heavy (non-hydrogen) atoms. The van der Waals surface area contributed by atoms with Gasteiger partial charge in [-0.25, -0.2) is 0 Å². The lowest BCUT2D eigenvalue weighted by molar-refractivity contribution is 0.332. The molecule has 0 aromatic heterocycles. The molecule has 2 aliphatic heterocycles. The quantitative estimate of drug-likeness (QED) is 0.161. The largest absolute Gasteiger partial charge is 0.311 e. The normalized spacial score (nSPS) is 19.5. The summed E-state index contributed by atoms with van der Waals surface area (Å²) in [5.74, 6) is 0. The topological polar surface area (TPSA) is 6.48 Å². The van der Waals surface area contributed by atoms with E-state index in [1.54, 1.807) is 0 Å². The second-order valence-electron chi connectivity index (χ2n) is 23.0. The van der Waals surface area contributed by atoms with Gasteiger partial charge in [0, 0.05) is 39.1 Å². The van der Waals surface area contributed by atoms with Crippen molar-refractivity contribution in [2.45, 2.75) is 155 Å². The van der Waals surface area contributed by atoms with Crippen molar-refractivity contribution in [1.82, 2.24) is 0 Å². The van der Waals surface area contributed by atoms with Crippen molar-refractivity contribution >= 4 is 68.8 Å². The van der Waals surface area contributed by atoms with E-state index in [9.17, 15) is 0 Å². The SMILES string of the molecule is CC(C)(C)c1ccc(N2c3ccc(C(C)(C)C)cc3B3c4cc5c(cc4N(c4ccc6c(c4)C(C)(C)CCC6(C)C)c4cc(Cl)cc2c43)C(C)(C)CCC5(C)C)cc1. The zero-order valence-corrected chi connectivity index (χ0v) is 38.5. The Labute approximate surface area is 355 Å². The summed E-state index contributed by atoms with van der Waals surface area (Å²) in [5, 5.41) is 0.755. The van der Waals surface area contributed by atoms with Crippen LogP contribution in [0.25, 0.3) is 0 Å². The van der Waals surface area contributed by atoms with E-state index in [0.29, 0.717) is 0 Å². The van der Waals surface area contributed by atoms with E-state index in [1.165, 1.54) is 104 Å². The van der Waals surface area contributed by atoms with Crippen molar-refractivity contribution in [2.75, 3.05) is 9.80 Å². The van der Waals surface area contributed by atoms with Crippen LogP contribution >= 0.6 is 11.6 Å². The van der Waals surface area contributed by atoms with Crippen LogP contribution < -0.4 is 26.2 Å². The molecule has 5 aromatic rings. The Balaban J connectivity index is 1.40. The molecule has 2 heterocycles. The molecule has 0 N–H and O–H groups in total. The third kappa shape index (κ3) is 6.03. The Morgan fingerprint density at radius 1 is 0.448 bits per heavy atom. The van der Waals surface area contributed by atoms with Gasteiger partial charge in [-0.1, -0.05) is 145 Å². The zero-order chi connectivity index (χ0) is 41.7. The second-order valence-corrected chi connectivity index (χ2v) is 23.4. The summed E-state index contributed by atoms with van der Waals surface area (Å²) in [6.07, 6.45) is 4.72. The number of hydrogen-bond acceptors (Lipinski definition) is 2. The highest BCUT2D eigenvalue weighted by Crippen LogP contribution is 2.53. The maximum absolute atomic E-state index is 7.41. The van der Waals surface area contributed by atoms with Crippen molar-refractivity contribution in [2.24, 2.45) is 0 Å². The number of anilines is 6. The number of halogens is 1. The Hall–Kier alpha value is -3.95. The fourth-order valence-electron chi connectivity index (χ4n) is 10.9. The third-order valence-corrected chi connectivity index (χ3v) is 15.2. The lowest BCUT2D eigenvalue weighted by Gasteiger charge is -2.48. The number of hydrogen-bond donors (Lipinski definition) is 0. The van der Waals surface area contributed by atoms with Crippen molar-refractivity contribution in [1.29, 1.82) is 0 Å². The first-order chi connectivity index (χ1) is 26.9. The fourth-order valence-corrected chi connectivity index (χ4v) is 11.1. The van der Waals surface area contributed by atoms with E-state index in [2.05, 4.69) is 192 Å². The molecule has 4 heteroatoms. The molecule has 300 valence electrons. The molecule has 0 spiro atoms. The highest BCUT2D eigenvalue weighted by molar-refractivity contribution is 7.00. The number of benzene rings is 5. The van der Waals surface area contributed by atoms with Crippen LogP contribution in [0.2, 0.25) is 5.02 Å². The highest BCUT2D eigenvalue weighted by Gasteiger charge is 2.47. The molecule has 0 unspecified atom stereocenters. The summed E-state index contributed by atoms with van der Waals surface area (Å²) < 4.78 is 0. The van der Waals surface area contributed by atoms with Crippen molar-refractivity contribution < 1.29 is 0 Å². The van der Waals surface area contributed by atoms with Gasteiger partial charge < -0.3 is 9.80 Å². The number of fused-ring (bicyclic) bond motifs is 6. The van der Waals surface area contributed by atoms with Crippen LogP contribution in [0.5, 0.6) is 0 Å². The predicted molar refractivity (Wildman–Crippen MR) is 253 cm³/mol. The maximum Gasteiger partial charge on any atom is 0.252 e. The van der Waals surface area contributed by atoms with Crippen molar-refractivity contribution in [3.63, 3.8) is 0 Å². The smallest absolute Gasteiger partial charge is 0.252 e. The van der Waals surface area contributed by atoms with Crippen molar-refractivity contribution in [3.8, 4) is 0 Å². The molecule has 4 aliphatic rings. The standard InChI is InChI=1S/C54H64BClN2/c1-49(2,3)33-15-18-36(19-16-33)57-44-22-17-34(50(4,5)6)27-42(44)55-43-31-40-41(54(13,14)26-25-53(40,11)12)32-45(43)58(47-29-35(56)28-46(57)48(47)55)37-20-21-38-39(30-37)52(9,10)24-23-51(38,7)8/h15-22,27-32H,23-26H2,1-14H3. The fraction of sp³-hybridized carbons (Fsp3) is 0.444. The minimum atomic E-state index is -0.00751. The molecule has 0 saturated heterocycles. The Morgan fingerprint density at radius 2 is 0.897 bits per heavy atom. The van der Waals surface area contributed by atoms with Gasteiger partial charge in [0.25, 0.3) is 6.71 Å². The van der Waals surface area contributed by atoms with Gasteiger partial charge in [-0.15, -0.1) is 0 Å². The summed E-state index contributed by atoms with van der Waals surface area (Å²) in [6, 6.07) is 33.7. The van der Waals surface area contributed by atoms with Gasteiger partial charge >= 0.3 is 0 Å². The molecule has 9 rings (SSSR count). The lowest BCUT2D eigenvalue weighted by Crippen LogP contribution is -2.62. The Morgan fingerprint density at radius 3 is 1.45 bits per heavy atom. The van der Waals surface area contributed by atoms with E-state index >= 15 is 0 Å². The number of nitrogens with zero attached hydrogens (tertiary/aromatic N) is 2. The van der Waals surface area contributed by atoms with Gasteiger partial charge in [0.15, 0.2) is 0 Å². The highest BCUT2D eigenvalue weighted by atomic mass is 35.5. The van der Waals surface area contributed by atoms with E-state index < -0.39 is 0 Å². The molecule has 2 aliphatic carbocycles. The molecule has 0 saturated carbocycles. The molecule has 0 amide bonds. The maximum atomic E-state index is 7.41. The molecular weight excluding hydrogens is 723 g/mol. The van der Waals surface area contributed by atoms with Crippen LogP contribution in [0, 0.1) is 0 Å². The molecule has 2 nitrogen and oxygen atoms in total. The number of rotatable bonds is 2. The van der Waals surface area contributed by atoms with E-state index in [0.717, 1.165) is 10.7 Å². The summed E-state index contributed by atoms with van der Waals surface area (Å²) in [7, 11) is 0. The van der Waals surface area contributed by atoms with E-state index in [1.807, 2.05) is 0 Å². The first kappa shape index (κ1) is 39.5. The van der Waals surface area contributed by atoms with Crippen LogP contribution in [0.3, 0.4) is 0 Å². The Kier molecular flexibility index (Phi) is 8.55. The van der Waals surface area contributed by atoms with Gasteiger partial charge in [0.2, 0.25) is 0 Å². The second kappa shape index (κ2) is 12.5. The van der Waals surface area contributed by atoms with Gasteiger partial charge in [0.1, 0.15) is 0 Å². The molecule has 0 fully saturated rings. The monoisotopic (exact) mass is 786 g/mol. The van der Waals surface area contributed by atoms with Gasteiger partial charge in [0.05, 0.1) is 0 Å². The lowest BCUT2D eigenvalue weighted by atomic mass is 9.33. The average molecular weight is 787 g/mol. The van der Waals surface area contributed by atoms with E-state index in [-0.39, 0.29) is 39.2 Å². The average Bonchev–Trinajstić information content (AvgIpc) is 3.14. The predicted octanol–water partition coefficient (Wildman–Crippen LogP) is 13.7. The molecule has 5 aromatic carbocycles. The van der Waals surface area contributed by atoms with Gasteiger partial charge in [-0.2, -0.15) is 0 Å². The minimum Gasteiger partial charge on any atom is -0.311 e. The van der Waals surface area contributed by atoms with Crippen molar-refractivity contribution in [3.05, 3.63) is 123 Å². The van der Waals surface area contributed by atoms with Crippen LogP contribution in [0.15, 0.2) is 84.9 Å². The molecular formula is C54H64BClN2. The van der Waals surface area contributed by atoms with Crippen LogP contribution in [0.4, 0.5) is 34.1 Å². The van der Waals surface area contributed by atoms with Crippen LogP contribution in [0.1, 0.15) is 156 Å². The molecule has 0 radical (unpaired) electrons. The summed E-state index contributed by atoms with van der Waals surface area (Å²) >= 11 is 7.41. The van der Waals surface area contributed by atoms with Gasteiger partial charge in [-0.3, -0.25) is 0 Å². The third-order valence-electron chi connectivity index (χ3n) is 15.0. The summed E-state index contributed by atoms with van der Waals surface area (Å²) in [4.78, 5) is 5.11. The zero-order valence-electron chi connectivity index (χ0n) is 37.8. The summed E-state index contributed by atoms with van der Waals surface area (Å²) in [5.41, 5.74) is 20.4. The first-order valence-corrected chi connectivity index (χ1v) is 22.3. The summed E-state index contributed by atoms with van der Waals surface area (Å²) in [6.45, 7) is 33.5. The van der Waals surface area contributed by atoms with Gasteiger partial charge in [-0.05, 0) is 156 Å². The van der Waals surface area contributed by atoms with E-state index in [4.69, 9.17) is 11.6 Å². The minimum absolute atomic E-state index is 0.00751. The van der Waals surface area contributed by atoms with Crippen LogP contribution in [-0.4, -0.2) is 6.71 Å².